The molecule has 1 atom stereocenters. The van der Waals surface area contributed by atoms with Crippen molar-refractivity contribution < 1.29 is 9.59 Å². The van der Waals surface area contributed by atoms with Gasteiger partial charge >= 0.3 is 0 Å². The minimum absolute atomic E-state index is 0. The number of likely N-dealkylation sites (tertiary alicyclic amines) is 1. The van der Waals surface area contributed by atoms with E-state index in [-0.39, 0.29) is 42.7 Å². The summed E-state index contributed by atoms with van der Waals surface area (Å²) in [6.07, 6.45) is 3.39. The Morgan fingerprint density at radius 2 is 1.57 bits per heavy atom. The molecule has 1 aromatic rings. The number of rotatable bonds is 5. The molecule has 2 heterocycles. The number of nitrogens with zero attached hydrogens (tertiary/aromatic N) is 3. The fourth-order valence-corrected chi connectivity index (χ4v) is 3.88. The Hall–Kier alpha value is -1.50. The molecule has 2 fully saturated rings. The van der Waals surface area contributed by atoms with Crippen LogP contribution in [0.25, 0.3) is 0 Å². The van der Waals surface area contributed by atoms with E-state index in [1.165, 1.54) is 0 Å². The Balaban J connectivity index is 0.00000196. The highest BCUT2D eigenvalue weighted by Gasteiger charge is 2.30. The molecule has 2 aliphatic rings. The smallest absolute Gasteiger partial charge is 0.239 e. The number of halogens is 2. The van der Waals surface area contributed by atoms with Gasteiger partial charge in [0.2, 0.25) is 11.8 Å². The number of carbonyl (C=O) groups is 2. The molecule has 0 aromatic heterocycles. The van der Waals surface area contributed by atoms with Crippen LogP contribution in [0.5, 0.6) is 0 Å². The minimum Gasteiger partial charge on any atom is -0.399 e. The van der Waals surface area contributed by atoms with Crippen LogP contribution in [-0.4, -0.2) is 71.8 Å². The number of anilines is 1. The maximum absolute atomic E-state index is 12.5. The summed E-state index contributed by atoms with van der Waals surface area (Å²) >= 11 is 0. The molecule has 0 spiro atoms. The molecule has 3 rings (SSSR count). The average molecular weight is 431 g/mol. The van der Waals surface area contributed by atoms with Crippen LogP contribution in [0.1, 0.15) is 31.7 Å². The van der Waals surface area contributed by atoms with Gasteiger partial charge in [-0.15, -0.1) is 24.8 Å². The van der Waals surface area contributed by atoms with Gasteiger partial charge in [-0.1, -0.05) is 18.2 Å². The molecule has 1 aromatic carbocycles. The van der Waals surface area contributed by atoms with E-state index < -0.39 is 0 Å². The zero-order valence-electron chi connectivity index (χ0n) is 16.5. The molecule has 2 aliphatic heterocycles. The van der Waals surface area contributed by atoms with Crippen LogP contribution < -0.4 is 5.73 Å². The first-order valence-electron chi connectivity index (χ1n) is 9.70. The summed E-state index contributed by atoms with van der Waals surface area (Å²) in [4.78, 5) is 31.1. The number of piperazine rings is 1. The van der Waals surface area contributed by atoms with Crippen molar-refractivity contribution in [3.05, 3.63) is 29.8 Å². The van der Waals surface area contributed by atoms with E-state index in [0.29, 0.717) is 25.9 Å². The molecule has 2 saturated heterocycles. The number of nitrogens with two attached hydrogens (primary N) is 1. The standard InChI is InChI=1S/C20H30N4O2.2ClH/c1-16(20(26)24-10-4-5-11-24)22-12-14-23(15-13-22)19(25)9-8-17-6-2-3-7-18(17)21;;/h2-3,6-7,16H,4-5,8-15,21H2,1H3;2*1H. The van der Waals surface area contributed by atoms with Gasteiger partial charge in [0.25, 0.3) is 0 Å². The summed E-state index contributed by atoms with van der Waals surface area (Å²) in [7, 11) is 0. The molecular weight excluding hydrogens is 399 g/mol. The monoisotopic (exact) mass is 430 g/mol. The normalized spacial score (nSPS) is 18.2. The van der Waals surface area contributed by atoms with Gasteiger partial charge in [-0.05, 0) is 37.8 Å². The first-order valence-corrected chi connectivity index (χ1v) is 9.70. The maximum atomic E-state index is 12.5. The van der Waals surface area contributed by atoms with E-state index in [9.17, 15) is 9.59 Å². The van der Waals surface area contributed by atoms with E-state index in [1.807, 2.05) is 41.0 Å². The maximum Gasteiger partial charge on any atom is 0.239 e. The Morgan fingerprint density at radius 1 is 0.964 bits per heavy atom. The van der Waals surface area contributed by atoms with Gasteiger partial charge in [-0.2, -0.15) is 0 Å². The molecule has 0 saturated carbocycles. The highest BCUT2D eigenvalue weighted by Crippen LogP contribution is 2.16. The number of para-hydroxylation sites is 1. The average Bonchev–Trinajstić information content (AvgIpc) is 3.21. The molecule has 28 heavy (non-hydrogen) atoms. The van der Waals surface area contributed by atoms with E-state index in [1.54, 1.807) is 0 Å². The van der Waals surface area contributed by atoms with Gasteiger partial charge < -0.3 is 15.5 Å². The van der Waals surface area contributed by atoms with Crippen molar-refractivity contribution in [3.63, 3.8) is 0 Å². The third-order valence-electron chi connectivity index (χ3n) is 5.65. The second-order valence-electron chi connectivity index (χ2n) is 7.32. The quantitative estimate of drug-likeness (QED) is 0.726. The molecule has 0 bridgehead atoms. The van der Waals surface area contributed by atoms with E-state index >= 15 is 0 Å². The van der Waals surface area contributed by atoms with Gasteiger partial charge in [-0.25, -0.2) is 0 Å². The van der Waals surface area contributed by atoms with Crippen molar-refractivity contribution in [1.29, 1.82) is 0 Å². The van der Waals surface area contributed by atoms with Crippen molar-refractivity contribution in [2.45, 2.75) is 38.6 Å². The lowest BCUT2D eigenvalue weighted by atomic mass is 10.1. The molecule has 158 valence electrons. The lowest BCUT2D eigenvalue weighted by Crippen LogP contribution is -2.55. The molecular formula is C20H32Cl2N4O2. The number of nitrogen functional groups attached to an aromatic ring is 1. The van der Waals surface area contributed by atoms with Crippen molar-refractivity contribution in [1.82, 2.24) is 14.7 Å². The zero-order valence-corrected chi connectivity index (χ0v) is 18.1. The first kappa shape index (κ1) is 24.5. The van der Waals surface area contributed by atoms with Crippen LogP contribution in [0.4, 0.5) is 5.69 Å². The second kappa shape index (κ2) is 11.5. The first-order chi connectivity index (χ1) is 12.6. The summed E-state index contributed by atoms with van der Waals surface area (Å²) in [5.74, 6) is 0.410. The molecule has 2 N–H and O–H groups in total. The van der Waals surface area contributed by atoms with Gasteiger partial charge in [0.05, 0.1) is 6.04 Å². The topological polar surface area (TPSA) is 69.9 Å². The third kappa shape index (κ3) is 6.00. The molecule has 0 radical (unpaired) electrons. The fourth-order valence-electron chi connectivity index (χ4n) is 3.88. The summed E-state index contributed by atoms with van der Waals surface area (Å²) in [6.45, 7) is 6.70. The van der Waals surface area contributed by atoms with Gasteiger partial charge in [0, 0.05) is 51.4 Å². The highest BCUT2D eigenvalue weighted by molar-refractivity contribution is 5.85. The van der Waals surface area contributed by atoms with Crippen molar-refractivity contribution >= 4 is 42.3 Å². The van der Waals surface area contributed by atoms with E-state index in [0.717, 1.165) is 50.3 Å². The number of amides is 2. The van der Waals surface area contributed by atoms with Crippen LogP contribution in [0.15, 0.2) is 24.3 Å². The summed E-state index contributed by atoms with van der Waals surface area (Å²) < 4.78 is 0. The largest absolute Gasteiger partial charge is 0.399 e. The van der Waals surface area contributed by atoms with Crippen LogP contribution in [0.2, 0.25) is 0 Å². The second-order valence-corrected chi connectivity index (χ2v) is 7.32. The Labute approximate surface area is 180 Å². The minimum atomic E-state index is -0.0885. The predicted octanol–water partition coefficient (Wildman–Crippen LogP) is 2.20. The molecule has 6 nitrogen and oxygen atoms in total. The number of hydrogen-bond acceptors (Lipinski definition) is 4. The van der Waals surface area contributed by atoms with Crippen molar-refractivity contribution in [2.75, 3.05) is 45.0 Å². The molecule has 1 unspecified atom stereocenters. The van der Waals surface area contributed by atoms with Crippen LogP contribution in [0.3, 0.4) is 0 Å². The molecule has 8 heteroatoms. The number of carbonyl (C=O) groups excluding carboxylic acids is 2. The third-order valence-corrected chi connectivity index (χ3v) is 5.65. The molecule has 2 amide bonds. The van der Waals surface area contributed by atoms with Crippen LogP contribution in [0, 0.1) is 0 Å². The lowest BCUT2D eigenvalue weighted by Gasteiger charge is -2.38. The summed E-state index contributed by atoms with van der Waals surface area (Å²) in [6, 6.07) is 7.62. The van der Waals surface area contributed by atoms with Crippen molar-refractivity contribution in [3.8, 4) is 0 Å². The van der Waals surface area contributed by atoms with E-state index in [2.05, 4.69) is 4.90 Å². The Morgan fingerprint density at radius 3 is 2.18 bits per heavy atom. The van der Waals surface area contributed by atoms with Gasteiger partial charge in [-0.3, -0.25) is 14.5 Å². The number of hydrogen-bond donors (Lipinski definition) is 1. The van der Waals surface area contributed by atoms with Crippen LogP contribution >= 0.6 is 24.8 Å². The van der Waals surface area contributed by atoms with Gasteiger partial charge in [0.1, 0.15) is 0 Å². The van der Waals surface area contributed by atoms with Crippen LogP contribution in [-0.2, 0) is 16.0 Å². The lowest BCUT2D eigenvalue weighted by molar-refractivity contribution is -0.138. The SMILES string of the molecule is CC(C(=O)N1CCCC1)N1CCN(C(=O)CCc2ccccc2N)CC1.Cl.Cl. The van der Waals surface area contributed by atoms with E-state index in [4.69, 9.17) is 5.73 Å². The van der Waals surface area contributed by atoms with Gasteiger partial charge in [0.15, 0.2) is 0 Å². The highest BCUT2D eigenvalue weighted by atomic mass is 35.5. The summed E-state index contributed by atoms with van der Waals surface area (Å²) in [5.41, 5.74) is 7.73. The molecule has 0 aliphatic carbocycles. The fraction of sp³-hybridized carbons (Fsp3) is 0.600. The van der Waals surface area contributed by atoms with Crippen molar-refractivity contribution in [2.24, 2.45) is 0 Å². The Bertz CT molecular complexity index is 645. The predicted molar refractivity (Wildman–Crippen MR) is 117 cm³/mol. The zero-order chi connectivity index (χ0) is 18.5. The number of benzene rings is 1. The summed E-state index contributed by atoms with van der Waals surface area (Å²) in [5, 5.41) is 0. The Kier molecular flexibility index (Phi) is 10.1. The number of aryl methyl sites for hydroxylation is 1.